The van der Waals surface area contributed by atoms with Crippen LogP contribution < -0.4 is 10.1 Å². The zero-order valence-corrected chi connectivity index (χ0v) is 19.9. The van der Waals surface area contributed by atoms with Crippen molar-refractivity contribution in [2.24, 2.45) is 0 Å². The van der Waals surface area contributed by atoms with E-state index in [0.717, 1.165) is 41.3 Å². The van der Waals surface area contributed by atoms with Gasteiger partial charge in [-0.2, -0.15) is 0 Å². The average Bonchev–Trinajstić information content (AvgIpc) is 2.74. The Bertz CT molecular complexity index is 884. The molecule has 0 saturated heterocycles. The summed E-state index contributed by atoms with van der Waals surface area (Å²) in [6.07, 6.45) is 4.21. The third-order valence-electron chi connectivity index (χ3n) is 4.56. The molecule has 0 aliphatic carbocycles. The summed E-state index contributed by atoms with van der Waals surface area (Å²) in [6, 6.07) is 8.38. The highest BCUT2D eigenvalue weighted by atomic mass is 79.9. The number of benzene rings is 2. The minimum atomic E-state index is -0.356. The van der Waals surface area contributed by atoms with Crippen molar-refractivity contribution in [1.29, 1.82) is 0 Å². The Morgan fingerprint density at radius 3 is 2.47 bits per heavy atom. The molecule has 5 nitrogen and oxygen atoms in total. The Labute approximate surface area is 191 Å². The van der Waals surface area contributed by atoms with Crippen molar-refractivity contribution >= 4 is 45.1 Å². The maximum absolute atomic E-state index is 12.2. The van der Waals surface area contributed by atoms with E-state index >= 15 is 0 Å². The molecule has 0 aliphatic heterocycles. The molecule has 2 rings (SSSR count). The summed E-state index contributed by atoms with van der Waals surface area (Å²) in [5, 5.41) is 3.41. The molecule has 30 heavy (non-hydrogen) atoms. The lowest BCUT2D eigenvalue weighted by Crippen LogP contribution is -2.20. The molecule has 0 aliphatic rings. The number of hydrogen-bond donors (Lipinski definition) is 1. The van der Waals surface area contributed by atoms with Crippen LogP contribution in [-0.2, 0) is 9.53 Å². The largest absolute Gasteiger partial charge is 0.483 e. The van der Waals surface area contributed by atoms with Gasteiger partial charge in [-0.15, -0.1) is 0 Å². The second-order valence-electron chi connectivity index (χ2n) is 7.06. The Morgan fingerprint density at radius 1 is 1.10 bits per heavy atom. The molecule has 7 heteroatoms. The first-order valence-corrected chi connectivity index (χ1v) is 11.2. The summed E-state index contributed by atoms with van der Waals surface area (Å²) < 4.78 is 11.6. The number of aryl methyl sites for hydroxylation is 1. The summed E-state index contributed by atoms with van der Waals surface area (Å²) in [5.41, 5.74) is 2.77. The van der Waals surface area contributed by atoms with E-state index in [9.17, 15) is 9.59 Å². The number of amides is 1. The molecule has 0 aromatic heterocycles. The van der Waals surface area contributed by atoms with Crippen molar-refractivity contribution in [1.82, 2.24) is 0 Å². The van der Waals surface area contributed by atoms with E-state index in [0.29, 0.717) is 28.6 Å². The highest BCUT2D eigenvalue weighted by molar-refractivity contribution is 9.10. The van der Waals surface area contributed by atoms with Crippen LogP contribution in [-0.4, -0.2) is 25.1 Å². The van der Waals surface area contributed by atoms with Gasteiger partial charge >= 0.3 is 5.97 Å². The fraction of sp³-hybridized carbons (Fsp3) is 0.391. The zero-order valence-electron chi connectivity index (χ0n) is 17.5. The maximum Gasteiger partial charge on any atom is 0.338 e. The predicted octanol–water partition coefficient (Wildman–Crippen LogP) is 6.47. The molecule has 2 aromatic rings. The van der Waals surface area contributed by atoms with Crippen LogP contribution in [0, 0.1) is 13.8 Å². The summed E-state index contributed by atoms with van der Waals surface area (Å²) >= 11 is 9.66. The molecule has 0 fully saturated rings. The summed E-state index contributed by atoms with van der Waals surface area (Å²) in [6.45, 7) is 6.17. The van der Waals surface area contributed by atoms with Crippen LogP contribution in [0.5, 0.6) is 5.75 Å². The fourth-order valence-corrected chi connectivity index (χ4v) is 3.50. The molecule has 0 atom stereocenters. The first kappa shape index (κ1) is 24.2. The number of carbonyl (C=O) groups is 2. The Hall–Kier alpha value is -2.05. The maximum atomic E-state index is 12.2. The van der Waals surface area contributed by atoms with Crippen molar-refractivity contribution in [2.45, 2.75) is 46.5 Å². The number of nitrogens with one attached hydrogen (secondary N) is 1. The van der Waals surface area contributed by atoms with Gasteiger partial charge in [0, 0.05) is 10.7 Å². The minimum absolute atomic E-state index is 0.152. The Kier molecular flexibility index (Phi) is 9.66. The second-order valence-corrected chi connectivity index (χ2v) is 8.23. The highest BCUT2D eigenvalue weighted by Crippen LogP contribution is 2.35. The van der Waals surface area contributed by atoms with Crippen LogP contribution in [0.3, 0.4) is 0 Å². The Morgan fingerprint density at radius 2 is 1.80 bits per heavy atom. The van der Waals surface area contributed by atoms with Crippen LogP contribution in [0.4, 0.5) is 5.69 Å². The number of ether oxygens (including phenoxy) is 2. The van der Waals surface area contributed by atoms with E-state index in [1.165, 1.54) is 0 Å². The van der Waals surface area contributed by atoms with Gasteiger partial charge in [0.2, 0.25) is 0 Å². The molecular formula is C23H27BrClNO4. The number of hydrogen-bond acceptors (Lipinski definition) is 4. The predicted molar refractivity (Wildman–Crippen MR) is 124 cm³/mol. The number of carbonyl (C=O) groups excluding carboxylic acids is 2. The summed E-state index contributed by atoms with van der Waals surface area (Å²) in [7, 11) is 0. The molecule has 0 radical (unpaired) electrons. The number of unbranched alkanes of at least 4 members (excludes halogenated alkanes) is 3. The van der Waals surface area contributed by atoms with Crippen molar-refractivity contribution < 1.29 is 19.1 Å². The molecule has 0 spiro atoms. The van der Waals surface area contributed by atoms with Gasteiger partial charge in [-0.1, -0.05) is 37.8 Å². The lowest BCUT2D eigenvalue weighted by Gasteiger charge is -2.13. The van der Waals surface area contributed by atoms with Crippen molar-refractivity contribution in [3.63, 3.8) is 0 Å². The highest BCUT2D eigenvalue weighted by Gasteiger charge is 2.13. The van der Waals surface area contributed by atoms with Gasteiger partial charge < -0.3 is 14.8 Å². The van der Waals surface area contributed by atoms with Crippen LogP contribution in [0.1, 0.15) is 54.1 Å². The molecule has 1 amide bonds. The topological polar surface area (TPSA) is 64.6 Å². The van der Waals surface area contributed by atoms with E-state index in [4.69, 9.17) is 21.1 Å². The average molecular weight is 497 g/mol. The minimum Gasteiger partial charge on any atom is -0.483 e. The third-order valence-corrected chi connectivity index (χ3v) is 6.13. The number of rotatable bonds is 10. The first-order valence-electron chi connectivity index (χ1n) is 9.98. The van der Waals surface area contributed by atoms with Gasteiger partial charge in [0.05, 0.1) is 16.6 Å². The normalized spacial score (nSPS) is 10.6. The lowest BCUT2D eigenvalue weighted by atomic mass is 10.1. The lowest BCUT2D eigenvalue weighted by molar-refractivity contribution is -0.118. The molecule has 0 unspecified atom stereocenters. The van der Waals surface area contributed by atoms with Crippen LogP contribution in [0.25, 0.3) is 0 Å². The molecule has 162 valence electrons. The van der Waals surface area contributed by atoms with Gasteiger partial charge in [0.15, 0.2) is 6.61 Å². The molecule has 0 heterocycles. The molecular weight excluding hydrogens is 470 g/mol. The van der Waals surface area contributed by atoms with Crippen LogP contribution >= 0.6 is 27.5 Å². The molecule has 1 N–H and O–H groups in total. The third kappa shape index (κ3) is 7.03. The quantitative estimate of drug-likeness (QED) is 0.302. The van der Waals surface area contributed by atoms with E-state index in [-0.39, 0.29) is 18.5 Å². The van der Waals surface area contributed by atoms with E-state index < -0.39 is 0 Å². The fourth-order valence-electron chi connectivity index (χ4n) is 2.81. The molecule has 0 saturated carbocycles. The van der Waals surface area contributed by atoms with Gasteiger partial charge in [0.1, 0.15) is 5.75 Å². The van der Waals surface area contributed by atoms with E-state index in [2.05, 4.69) is 28.2 Å². The van der Waals surface area contributed by atoms with E-state index in [1.807, 2.05) is 13.8 Å². The summed E-state index contributed by atoms with van der Waals surface area (Å²) in [4.78, 5) is 24.2. The van der Waals surface area contributed by atoms with Crippen LogP contribution in [0.2, 0.25) is 5.02 Å². The van der Waals surface area contributed by atoms with Crippen LogP contribution in [0.15, 0.2) is 34.8 Å². The SMILES string of the molecule is CCCCCCOC(=O)c1ccc(NC(=O)COc2cc(C)c(Cl)c(C)c2Br)cc1. The van der Waals surface area contributed by atoms with Gasteiger partial charge in [0.25, 0.3) is 5.91 Å². The second kappa shape index (κ2) is 12.0. The first-order chi connectivity index (χ1) is 14.3. The monoisotopic (exact) mass is 495 g/mol. The zero-order chi connectivity index (χ0) is 22.1. The van der Waals surface area contributed by atoms with Gasteiger partial charge in [-0.25, -0.2) is 4.79 Å². The smallest absolute Gasteiger partial charge is 0.338 e. The van der Waals surface area contributed by atoms with E-state index in [1.54, 1.807) is 30.3 Å². The molecule has 0 bridgehead atoms. The van der Waals surface area contributed by atoms with Gasteiger partial charge in [-0.05, 0) is 77.7 Å². The number of anilines is 1. The standard InChI is InChI=1S/C23H27BrClNO4/c1-4-5-6-7-12-29-23(28)17-8-10-18(11-9-17)26-20(27)14-30-19-13-15(2)22(25)16(3)21(19)24/h8-11,13H,4-7,12,14H2,1-3H3,(H,26,27). The van der Waals surface area contributed by atoms with Crippen molar-refractivity contribution in [3.05, 3.63) is 56.5 Å². The Balaban J connectivity index is 1.84. The van der Waals surface area contributed by atoms with Crippen molar-refractivity contribution in [2.75, 3.05) is 18.5 Å². The number of esters is 1. The van der Waals surface area contributed by atoms with Crippen molar-refractivity contribution in [3.8, 4) is 5.75 Å². The van der Waals surface area contributed by atoms with Gasteiger partial charge in [-0.3, -0.25) is 4.79 Å². The molecule has 2 aromatic carbocycles. The summed E-state index contributed by atoms with van der Waals surface area (Å²) in [5.74, 6) is -0.106. The number of halogens is 2.